The van der Waals surface area contributed by atoms with Crippen LogP contribution in [0.4, 0.5) is 5.69 Å². The average Bonchev–Trinajstić information content (AvgIpc) is 2.72. The second kappa shape index (κ2) is 6.26. The third-order valence-electron chi connectivity index (χ3n) is 4.30. The number of nitrogens with zero attached hydrogens (tertiary/aromatic N) is 2. The molecule has 136 valence electrons. The smallest absolute Gasteiger partial charge is 0.255 e. The third-order valence-corrected chi connectivity index (χ3v) is 6.65. The van der Waals surface area contributed by atoms with Gasteiger partial charge in [0.2, 0.25) is 15.9 Å². The number of ether oxygens (including phenoxy) is 1. The maximum atomic E-state index is 12.7. The number of sulfonamides is 1. The van der Waals surface area contributed by atoms with Crippen LogP contribution in [0.1, 0.15) is 24.2 Å². The first-order valence-corrected chi connectivity index (χ1v) is 9.86. The Bertz CT molecular complexity index is 831. The highest BCUT2D eigenvalue weighted by Gasteiger charge is 2.50. The Morgan fingerprint density at radius 3 is 2.44 bits per heavy atom. The molecular weight excluding hydrogens is 368 g/mol. The van der Waals surface area contributed by atoms with Crippen molar-refractivity contribution in [3.8, 4) is 0 Å². The van der Waals surface area contributed by atoms with Crippen molar-refractivity contribution in [1.82, 2.24) is 4.90 Å². The van der Waals surface area contributed by atoms with Gasteiger partial charge >= 0.3 is 0 Å². The molecule has 3 rings (SSSR count). The summed E-state index contributed by atoms with van der Waals surface area (Å²) in [5.41, 5.74) is -0.697. The van der Waals surface area contributed by atoms with E-state index in [1.165, 1.54) is 18.2 Å². The Morgan fingerprint density at radius 1 is 1.24 bits per heavy atom. The summed E-state index contributed by atoms with van der Waals surface area (Å²) < 4.78 is 30.8. The van der Waals surface area contributed by atoms with Crippen molar-refractivity contribution >= 4 is 39.1 Å². The molecule has 25 heavy (non-hydrogen) atoms. The summed E-state index contributed by atoms with van der Waals surface area (Å²) in [6.07, 6.45) is 0. The van der Waals surface area contributed by atoms with E-state index in [1.54, 1.807) is 18.7 Å². The van der Waals surface area contributed by atoms with Crippen molar-refractivity contribution < 1.29 is 22.7 Å². The van der Waals surface area contributed by atoms with Gasteiger partial charge in [-0.2, -0.15) is 0 Å². The van der Waals surface area contributed by atoms with Crippen molar-refractivity contribution in [2.75, 3.05) is 36.4 Å². The Balaban J connectivity index is 1.99. The van der Waals surface area contributed by atoms with Crippen LogP contribution in [0.15, 0.2) is 18.2 Å². The fraction of sp³-hybridized carbons (Fsp3) is 0.500. The maximum absolute atomic E-state index is 12.7. The molecule has 2 heterocycles. The monoisotopic (exact) mass is 386 g/mol. The molecule has 2 amide bonds. The van der Waals surface area contributed by atoms with Gasteiger partial charge in [-0.25, -0.2) is 12.7 Å². The van der Waals surface area contributed by atoms with Crippen molar-refractivity contribution in [2.45, 2.75) is 13.8 Å². The zero-order chi connectivity index (χ0) is 18.4. The molecule has 1 aromatic rings. The zero-order valence-corrected chi connectivity index (χ0v) is 15.6. The lowest BCUT2D eigenvalue weighted by atomic mass is 9.95. The number of amides is 2. The fourth-order valence-corrected chi connectivity index (χ4v) is 5.30. The Labute approximate surface area is 151 Å². The lowest BCUT2D eigenvalue weighted by Crippen LogP contribution is -2.41. The molecule has 0 aliphatic carbocycles. The summed E-state index contributed by atoms with van der Waals surface area (Å²) in [4.78, 5) is 26.8. The van der Waals surface area contributed by atoms with E-state index in [1.807, 2.05) is 0 Å². The summed E-state index contributed by atoms with van der Waals surface area (Å²) in [6.45, 7) is 4.93. The number of anilines is 1. The van der Waals surface area contributed by atoms with Crippen LogP contribution in [0, 0.1) is 5.41 Å². The predicted molar refractivity (Wildman–Crippen MR) is 93.2 cm³/mol. The van der Waals surface area contributed by atoms with E-state index < -0.39 is 21.3 Å². The van der Waals surface area contributed by atoms with Gasteiger partial charge < -0.3 is 9.64 Å². The molecule has 2 aliphatic heterocycles. The number of hydrogen-bond acceptors (Lipinski definition) is 5. The van der Waals surface area contributed by atoms with Crippen LogP contribution in [0.2, 0.25) is 5.02 Å². The molecule has 2 aliphatic rings. The van der Waals surface area contributed by atoms with Gasteiger partial charge in [0.05, 0.1) is 40.7 Å². The number of benzene rings is 1. The quantitative estimate of drug-likeness (QED) is 0.769. The van der Waals surface area contributed by atoms with Crippen LogP contribution in [-0.4, -0.2) is 57.2 Å². The van der Waals surface area contributed by atoms with Crippen molar-refractivity contribution in [3.05, 3.63) is 28.8 Å². The number of halogens is 1. The van der Waals surface area contributed by atoms with Crippen LogP contribution < -0.4 is 4.31 Å². The lowest BCUT2D eigenvalue weighted by molar-refractivity contribution is -0.123. The normalized spacial score (nSPS) is 22.3. The number of carbonyl (C=O) groups excluding carboxylic acids is 2. The van der Waals surface area contributed by atoms with Crippen molar-refractivity contribution in [2.24, 2.45) is 5.41 Å². The van der Waals surface area contributed by atoms with Gasteiger partial charge in [-0.1, -0.05) is 11.6 Å². The third kappa shape index (κ3) is 3.26. The highest BCUT2D eigenvalue weighted by Crippen LogP contribution is 2.37. The van der Waals surface area contributed by atoms with Crippen molar-refractivity contribution in [3.63, 3.8) is 0 Å². The van der Waals surface area contributed by atoms with E-state index in [-0.39, 0.29) is 27.9 Å². The zero-order valence-electron chi connectivity index (χ0n) is 14.0. The van der Waals surface area contributed by atoms with Crippen LogP contribution >= 0.6 is 11.6 Å². The molecule has 0 radical (unpaired) electrons. The number of morpholine rings is 1. The summed E-state index contributed by atoms with van der Waals surface area (Å²) in [6, 6.07) is 4.25. The minimum atomic E-state index is -3.78. The van der Waals surface area contributed by atoms with Gasteiger partial charge in [-0.3, -0.25) is 9.59 Å². The van der Waals surface area contributed by atoms with E-state index in [0.29, 0.717) is 26.3 Å². The number of carbonyl (C=O) groups is 2. The Morgan fingerprint density at radius 2 is 1.88 bits per heavy atom. The van der Waals surface area contributed by atoms with Crippen LogP contribution in [0.3, 0.4) is 0 Å². The van der Waals surface area contributed by atoms with Crippen LogP contribution in [-0.2, 0) is 19.6 Å². The van der Waals surface area contributed by atoms with Crippen LogP contribution in [0.25, 0.3) is 0 Å². The highest BCUT2D eigenvalue weighted by molar-refractivity contribution is 7.94. The second-order valence-electron chi connectivity index (χ2n) is 6.78. The molecule has 9 heteroatoms. The summed E-state index contributed by atoms with van der Waals surface area (Å²) in [5.74, 6) is -1.09. The first-order chi connectivity index (χ1) is 11.6. The standard InChI is InChI=1S/C16H19ClN2O5S/c1-16(2)10-25(22,23)19(15(16)21)11-3-4-13(17)12(9-11)14(20)18-5-7-24-8-6-18/h3-4,9H,5-8,10H2,1-2H3. The first kappa shape index (κ1) is 18.2. The molecule has 0 aromatic heterocycles. The van der Waals surface area contributed by atoms with E-state index in [2.05, 4.69) is 0 Å². The highest BCUT2D eigenvalue weighted by atomic mass is 35.5. The fourth-order valence-electron chi connectivity index (χ4n) is 3.00. The molecule has 0 saturated carbocycles. The van der Waals surface area contributed by atoms with E-state index in [0.717, 1.165) is 4.31 Å². The van der Waals surface area contributed by atoms with Gasteiger partial charge in [0.1, 0.15) is 0 Å². The van der Waals surface area contributed by atoms with Gasteiger partial charge in [-0.05, 0) is 32.0 Å². The molecule has 0 spiro atoms. The van der Waals surface area contributed by atoms with Gasteiger partial charge in [0, 0.05) is 13.1 Å². The summed E-state index contributed by atoms with van der Waals surface area (Å²) in [7, 11) is -3.78. The molecule has 2 fully saturated rings. The second-order valence-corrected chi connectivity index (χ2v) is 9.00. The first-order valence-electron chi connectivity index (χ1n) is 7.87. The SMILES string of the molecule is CC1(C)CS(=O)(=O)N(c2ccc(Cl)c(C(=O)N3CCOCC3)c2)C1=O. The molecule has 0 N–H and O–H groups in total. The van der Waals surface area contributed by atoms with Gasteiger partial charge in [0.25, 0.3) is 5.91 Å². The molecular formula is C16H19ClN2O5S. The molecule has 0 bridgehead atoms. The summed E-state index contributed by atoms with van der Waals surface area (Å²) in [5, 5.41) is 0.212. The summed E-state index contributed by atoms with van der Waals surface area (Å²) >= 11 is 6.15. The van der Waals surface area contributed by atoms with Crippen molar-refractivity contribution in [1.29, 1.82) is 0 Å². The van der Waals surface area contributed by atoms with Crippen LogP contribution in [0.5, 0.6) is 0 Å². The minimum Gasteiger partial charge on any atom is -0.378 e. The Hall–Kier alpha value is -1.64. The maximum Gasteiger partial charge on any atom is 0.255 e. The van der Waals surface area contributed by atoms with Gasteiger partial charge in [-0.15, -0.1) is 0 Å². The molecule has 0 atom stereocenters. The van der Waals surface area contributed by atoms with E-state index >= 15 is 0 Å². The van der Waals surface area contributed by atoms with Gasteiger partial charge in [0.15, 0.2) is 0 Å². The number of rotatable bonds is 2. The lowest BCUT2D eigenvalue weighted by Gasteiger charge is -2.27. The molecule has 0 unspecified atom stereocenters. The molecule has 2 saturated heterocycles. The largest absolute Gasteiger partial charge is 0.378 e. The average molecular weight is 387 g/mol. The van der Waals surface area contributed by atoms with E-state index in [9.17, 15) is 18.0 Å². The minimum absolute atomic E-state index is 0.136. The molecule has 7 nitrogen and oxygen atoms in total. The Kier molecular flexibility index (Phi) is 4.55. The number of hydrogen-bond donors (Lipinski definition) is 0. The topological polar surface area (TPSA) is 84.0 Å². The predicted octanol–water partition coefficient (Wildman–Crippen LogP) is 1.52. The van der Waals surface area contributed by atoms with E-state index in [4.69, 9.17) is 16.3 Å². The molecule has 1 aromatic carbocycles.